The normalized spacial score (nSPS) is 15.8. The molecule has 3 rings (SSSR count). The Morgan fingerprint density at radius 2 is 2.15 bits per heavy atom. The molecule has 0 amide bonds. The lowest BCUT2D eigenvalue weighted by Crippen LogP contribution is -2.13. The van der Waals surface area contributed by atoms with Crippen LogP contribution >= 0.6 is 11.3 Å². The largest absolute Gasteiger partial charge is 0.462 e. The summed E-state index contributed by atoms with van der Waals surface area (Å²) in [7, 11) is 0. The van der Waals surface area contributed by atoms with Crippen molar-refractivity contribution in [1.29, 1.82) is 0 Å². The van der Waals surface area contributed by atoms with Crippen molar-refractivity contribution >= 4 is 17.3 Å². The second kappa shape index (κ2) is 5.32. The van der Waals surface area contributed by atoms with Gasteiger partial charge in [-0.1, -0.05) is 6.07 Å². The minimum absolute atomic E-state index is 0.236. The van der Waals surface area contributed by atoms with Gasteiger partial charge in [-0.25, -0.2) is 14.8 Å². The van der Waals surface area contributed by atoms with E-state index in [1.54, 1.807) is 30.7 Å². The third kappa shape index (κ3) is 2.58. The van der Waals surface area contributed by atoms with Gasteiger partial charge in [0.15, 0.2) is 0 Å². The summed E-state index contributed by atoms with van der Waals surface area (Å²) >= 11 is 1.80. The van der Waals surface area contributed by atoms with Crippen LogP contribution in [0, 0.1) is 0 Å². The van der Waals surface area contributed by atoms with Crippen LogP contribution in [0.2, 0.25) is 0 Å². The van der Waals surface area contributed by atoms with Gasteiger partial charge >= 0.3 is 5.97 Å². The molecule has 20 heavy (non-hydrogen) atoms. The Bertz CT molecular complexity index is 589. The van der Waals surface area contributed by atoms with Gasteiger partial charge in [-0.05, 0) is 31.2 Å². The molecule has 2 aromatic rings. The van der Waals surface area contributed by atoms with Crippen LogP contribution in [0.25, 0.3) is 0 Å². The number of esters is 1. The molecule has 0 N–H and O–H groups in total. The molecule has 1 aliphatic carbocycles. The van der Waals surface area contributed by atoms with Gasteiger partial charge in [0, 0.05) is 29.1 Å². The zero-order valence-corrected chi connectivity index (χ0v) is 12.2. The number of carbonyl (C=O) groups is 1. The van der Waals surface area contributed by atoms with E-state index in [9.17, 15) is 4.79 Å². The fraction of sp³-hybridized carbons (Fsp3) is 0.400. The Kier molecular flexibility index (Phi) is 3.53. The minimum Gasteiger partial charge on any atom is -0.462 e. The molecule has 0 aromatic carbocycles. The van der Waals surface area contributed by atoms with Crippen LogP contribution in [-0.4, -0.2) is 22.5 Å². The maximum atomic E-state index is 11.5. The summed E-state index contributed by atoms with van der Waals surface area (Å²) < 4.78 is 4.92. The van der Waals surface area contributed by atoms with Crippen molar-refractivity contribution in [3.63, 3.8) is 0 Å². The lowest BCUT2D eigenvalue weighted by atomic mass is 10.00. The molecule has 0 saturated heterocycles. The van der Waals surface area contributed by atoms with Crippen molar-refractivity contribution in [1.82, 2.24) is 9.97 Å². The van der Waals surface area contributed by atoms with E-state index in [2.05, 4.69) is 27.5 Å². The van der Waals surface area contributed by atoms with Gasteiger partial charge < -0.3 is 4.74 Å². The molecule has 0 aliphatic heterocycles. The summed E-state index contributed by atoms with van der Waals surface area (Å²) in [6, 6.07) is 4.27. The SMILES string of the molecule is CCOC(=O)c1cnc(CC2(c3cccs3)CC2)nc1. The van der Waals surface area contributed by atoms with Gasteiger partial charge in [0.05, 0.1) is 12.2 Å². The van der Waals surface area contributed by atoms with E-state index < -0.39 is 0 Å². The lowest BCUT2D eigenvalue weighted by Gasteiger charge is -2.11. The zero-order valence-electron chi connectivity index (χ0n) is 11.3. The molecule has 2 heterocycles. The molecule has 104 valence electrons. The second-order valence-electron chi connectivity index (χ2n) is 5.04. The molecule has 4 nitrogen and oxygen atoms in total. The maximum Gasteiger partial charge on any atom is 0.341 e. The quantitative estimate of drug-likeness (QED) is 0.794. The number of nitrogens with zero attached hydrogens (tertiary/aromatic N) is 2. The topological polar surface area (TPSA) is 52.1 Å². The lowest BCUT2D eigenvalue weighted by molar-refractivity contribution is 0.0525. The average molecular weight is 288 g/mol. The first kappa shape index (κ1) is 13.2. The van der Waals surface area contributed by atoms with Crippen molar-refractivity contribution in [3.8, 4) is 0 Å². The summed E-state index contributed by atoms with van der Waals surface area (Å²) in [6.45, 7) is 2.15. The van der Waals surface area contributed by atoms with Crippen LogP contribution in [0.3, 0.4) is 0 Å². The molecule has 5 heteroatoms. The molecule has 0 unspecified atom stereocenters. The highest BCUT2D eigenvalue weighted by Crippen LogP contribution is 2.51. The zero-order chi connectivity index (χ0) is 14.0. The van der Waals surface area contributed by atoms with E-state index in [1.165, 1.54) is 17.7 Å². The highest BCUT2D eigenvalue weighted by atomic mass is 32.1. The van der Waals surface area contributed by atoms with E-state index in [0.29, 0.717) is 12.2 Å². The summed E-state index contributed by atoms with van der Waals surface area (Å²) in [6.07, 6.45) is 6.35. The average Bonchev–Trinajstić information content (AvgIpc) is 3.03. The van der Waals surface area contributed by atoms with Crippen molar-refractivity contribution in [2.75, 3.05) is 6.61 Å². The van der Waals surface area contributed by atoms with Crippen LogP contribution in [0.5, 0.6) is 0 Å². The molecule has 0 bridgehead atoms. The number of hydrogen-bond acceptors (Lipinski definition) is 5. The Labute approximate surface area is 121 Å². The molecular weight excluding hydrogens is 272 g/mol. The fourth-order valence-corrected chi connectivity index (χ4v) is 3.30. The van der Waals surface area contributed by atoms with Crippen LogP contribution in [0.4, 0.5) is 0 Å². The van der Waals surface area contributed by atoms with Gasteiger partial charge in [-0.2, -0.15) is 0 Å². The number of thiophene rings is 1. The van der Waals surface area contributed by atoms with Gasteiger partial charge in [0.2, 0.25) is 0 Å². The van der Waals surface area contributed by atoms with Crippen LogP contribution < -0.4 is 0 Å². The predicted molar refractivity (Wildman–Crippen MR) is 76.9 cm³/mol. The van der Waals surface area contributed by atoms with E-state index in [4.69, 9.17) is 4.74 Å². The summed E-state index contributed by atoms with van der Waals surface area (Å²) in [4.78, 5) is 21.6. The Morgan fingerprint density at radius 3 is 2.70 bits per heavy atom. The standard InChI is InChI=1S/C15H16N2O2S/c1-2-19-14(18)11-9-16-13(17-10-11)8-15(5-6-15)12-4-3-7-20-12/h3-4,7,9-10H,2,5-6,8H2,1H3. The third-order valence-electron chi connectivity index (χ3n) is 3.61. The van der Waals surface area contributed by atoms with E-state index in [1.807, 2.05) is 0 Å². The Morgan fingerprint density at radius 1 is 1.40 bits per heavy atom. The predicted octanol–water partition coefficient (Wildman–Crippen LogP) is 2.99. The molecule has 1 aliphatic rings. The van der Waals surface area contributed by atoms with Crippen molar-refractivity contribution in [2.45, 2.75) is 31.6 Å². The smallest absolute Gasteiger partial charge is 0.341 e. The number of carbonyl (C=O) groups excluding carboxylic acids is 1. The fourth-order valence-electron chi connectivity index (χ4n) is 2.31. The van der Waals surface area contributed by atoms with Crippen molar-refractivity contribution in [3.05, 3.63) is 46.2 Å². The van der Waals surface area contributed by atoms with E-state index in [-0.39, 0.29) is 11.4 Å². The van der Waals surface area contributed by atoms with Crippen molar-refractivity contribution < 1.29 is 9.53 Å². The minimum atomic E-state index is -0.363. The highest BCUT2D eigenvalue weighted by Gasteiger charge is 2.45. The van der Waals surface area contributed by atoms with Crippen LogP contribution in [0.1, 0.15) is 40.8 Å². The molecule has 2 aromatic heterocycles. The number of rotatable bonds is 5. The number of hydrogen-bond donors (Lipinski definition) is 0. The van der Waals surface area contributed by atoms with Gasteiger partial charge in [-0.3, -0.25) is 0 Å². The number of aromatic nitrogens is 2. The van der Waals surface area contributed by atoms with Crippen molar-refractivity contribution in [2.24, 2.45) is 0 Å². The van der Waals surface area contributed by atoms with E-state index >= 15 is 0 Å². The van der Waals surface area contributed by atoms with Gasteiger partial charge in [-0.15, -0.1) is 11.3 Å². The summed E-state index contributed by atoms with van der Waals surface area (Å²) in [5.41, 5.74) is 0.649. The first-order chi connectivity index (χ1) is 9.73. The maximum absolute atomic E-state index is 11.5. The molecule has 1 saturated carbocycles. The van der Waals surface area contributed by atoms with Gasteiger partial charge in [0.25, 0.3) is 0 Å². The molecular formula is C15H16N2O2S. The number of ether oxygens (including phenoxy) is 1. The van der Waals surface area contributed by atoms with E-state index in [0.717, 1.165) is 12.2 Å². The molecule has 0 atom stereocenters. The molecule has 0 spiro atoms. The van der Waals surface area contributed by atoms with Crippen LogP contribution in [0.15, 0.2) is 29.9 Å². The monoisotopic (exact) mass is 288 g/mol. The Hall–Kier alpha value is -1.75. The summed E-state index contributed by atoms with van der Waals surface area (Å²) in [5, 5.41) is 2.11. The highest BCUT2D eigenvalue weighted by molar-refractivity contribution is 7.10. The summed E-state index contributed by atoms with van der Waals surface area (Å²) in [5.74, 6) is 0.433. The third-order valence-corrected chi connectivity index (χ3v) is 4.73. The molecule has 1 fully saturated rings. The van der Waals surface area contributed by atoms with Gasteiger partial charge in [0.1, 0.15) is 5.82 Å². The molecule has 0 radical (unpaired) electrons. The first-order valence-electron chi connectivity index (χ1n) is 6.75. The Balaban J connectivity index is 1.71. The van der Waals surface area contributed by atoms with Crippen LogP contribution in [-0.2, 0) is 16.6 Å². The first-order valence-corrected chi connectivity index (χ1v) is 7.63. The second-order valence-corrected chi connectivity index (χ2v) is 5.99.